The van der Waals surface area contributed by atoms with Crippen molar-refractivity contribution in [2.75, 3.05) is 11.9 Å². The van der Waals surface area contributed by atoms with Crippen molar-refractivity contribution in [2.45, 2.75) is 19.1 Å². The normalized spacial score (nSPS) is 11.2. The van der Waals surface area contributed by atoms with Crippen LogP contribution in [0, 0.1) is 5.41 Å². The minimum Gasteiger partial charge on any atom is -0.481 e. The van der Waals surface area contributed by atoms with Gasteiger partial charge < -0.3 is 31.9 Å². The number of benzene rings is 1. The molecule has 0 aliphatic rings. The van der Waals surface area contributed by atoms with Crippen LogP contribution in [-0.4, -0.2) is 46.7 Å². The van der Waals surface area contributed by atoms with Crippen molar-refractivity contribution in [3.8, 4) is 0 Å². The van der Waals surface area contributed by atoms with Gasteiger partial charge in [-0.05, 0) is 18.2 Å². The number of aliphatic hydroxyl groups excluding tert-OH is 1. The molecule has 1 atom stereocenters. The van der Waals surface area contributed by atoms with Gasteiger partial charge in [0.1, 0.15) is 6.23 Å². The molecular weight excluding hydrogens is 318 g/mol. The van der Waals surface area contributed by atoms with E-state index in [0.717, 1.165) is 0 Å². The number of nitrogens with one attached hydrogen (secondary N) is 4. The molecule has 0 saturated carbocycles. The Balaban J connectivity index is 2.46. The number of guanidine groups is 1. The Morgan fingerprint density at radius 2 is 2.00 bits per heavy atom. The van der Waals surface area contributed by atoms with Crippen LogP contribution < -0.4 is 21.7 Å². The second-order valence-electron chi connectivity index (χ2n) is 4.82. The van der Waals surface area contributed by atoms with E-state index in [9.17, 15) is 19.5 Å². The van der Waals surface area contributed by atoms with Crippen LogP contribution in [0.5, 0.6) is 0 Å². The van der Waals surface area contributed by atoms with Gasteiger partial charge in [-0.25, -0.2) is 0 Å². The van der Waals surface area contributed by atoms with Crippen LogP contribution in [0.4, 0.5) is 5.69 Å². The Morgan fingerprint density at radius 3 is 2.62 bits per heavy atom. The molecule has 130 valence electrons. The van der Waals surface area contributed by atoms with E-state index in [0.29, 0.717) is 5.69 Å². The Morgan fingerprint density at radius 1 is 1.29 bits per heavy atom. The summed E-state index contributed by atoms with van der Waals surface area (Å²) in [6.45, 7) is -0.382. The minimum absolute atomic E-state index is 0.131. The van der Waals surface area contributed by atoms with Crippen LogP contribution in [0.15, 0.2) is 24.3 Å². The monoisotopic (exact) mass is 337 g/mol. The molecular formula is C14H19N5O5. The molecule has 10 heteroatoms. The van der Waals surface area contributed by atoms with Crippen LogP contribution in [0.3, 0.4) is 0 Å². The molecule has 0 aromatic heterocycles. The van der Waals surface area contributed by atoms with Gasteiger partial charge in [-0.15, -0.1) is 0 Å². The number of hydrogen-bond donors (Lipinski definition) is 7. The lowest BCUT2D eigenvalue weighted by molar-refractivity contribution is -0.138. The van der Waals surface area contributed by atoms with Crippen molar-refractivity contribution >= 4 is 29.4 Å². The van der Waals surface area contributed by atoms with E-state index in [-0.39, 0.29) is 30.9 Å². The molecule has 10 nitrogen and oxygen atoms in total. The number of anilines is 1. The van der Waals surface area contributed by atoms with Crippen LogP contribution in [0.25, 0.3) is 0 Å². The summed E-state index contributed by atoms with van der Waals surface area (Å²) in [6, 6.07) is 6.16. The van der Waals surface area contributed by atoms with Crippen molar-refractivity contribution in [1.82, 2.24) is 10.6 Å². The quantitative estimate of drug-likeness (QED) is 0.181. The van der Waals surface area contributed by atoms with Gasteiger partial charge in [0.2, 0.25) is 5.91 Å². The first-order valence-corrected chi connectivity index (χ1v) is 6.96. The molecule has 0 aliphatic heterocycles. The molecule has 0 spiro atoms. The van der Waals surface area contributed by atoms with Crippen molar-refractivity contribution in [1.29, 1.82) is 5.41 Å². The number of amides is 2. The number of carbonyl (C=O) groups excluding carboxylic acids is 2. The number of carbonyl (C=O) groups is 3. The SMILES string of the molecule is N=C(N)Nc1cccc(C(=O)NCC(=O)NC(O)CCC(=O)O)c1. The van der Waals surface area contributed by atoms with Gasteiger partial charge in [-0.1, -0.05) is 6.07 Å². The number of aliphatic carboxylic acids is 1. The van der Waals surface area contributed by atoms with Crippen molar-refractivity contribution < 1.29 is 24.6 Å². The summed E-state index contributed by atoms with van der Waals surface area (Å²) < 4.78 is 0. The Kier molecular flexibility index (Phi) is 7.17. The highest BCUT2D eigenvalue weighted by Gasteiger charge is 2.12. The zero-order chi connectivity index (χ0) is 18.1. The third-order valence-corrected chi connectivity index (χ3v) is 2.77. The van der Waals surface area contributed by atoms with Gasteiger partial charge in [0.15, 0.2) is 5.96 Å². The van der Waals surface area contributed by atoms with Crippen molar-refractivity contribution in [3.05, 3.63) is 29.8 Å². The molecule has 24 heavy (non-hydrogen) atoms. The Bertz CT molecular complexity index is 634. The number of aliphatic hydroxyl groups is 1. The number of rotatable bonds is 8. The highest BCUT2D eigenvalue weighted by molar-refractivity contribution is 5.98. The lowest BCUT2D eigenvalue weighted by atomic mass is 10.2. The van der Waals surface area contributed by atoms with E-state index in [1.807, 2.05) is 0 Å². The highest BCUT2D eigenvalue weighted by Crippen LogP contribution is 2.10. The first-order valence-electron chi connectivity index (χ1n) is 6.96. The molecule has 0 heterocycles. The average molecular weight is 337 g/mol. The Labute approximate surface area is 137 Å². The number of hydrogen-bond acceptors (Lipinski definition) is 5. The fourth-order valence-corrected chi connectivity index (χ4v) is 1.73. The van der Waals surface area contributed by atoms with Crippen LogP contribution in [0.2, 0.25) is 0 Å². The minimum atomic E-state index is -1.30. The Hall–Kier alpha value is -3.14. The standard InChI is InChI=1S/C14H19N5O5/c15-14(16)18-9-3-1-2-8(6-9)13(24)17-7-11(21)19-10(20)4-5-12(22)23/h1-3,6,10,20H,4-5,7H2,(H,17,24)(H,19,21)(H,22,23)(H4,15,16,18). The summed E-state index contributed by atoms with van der Waals surface area (Å²) in [5, 5.41) is 32.1. The molecule has 1 aromatic rings. The molecule has 0 radical (unpaired) electrons. The zero-order valence-corrected chi connectivity index (χ0v) is 12.7. The molecule has 8 N–H and O–H groups in total. The summed E-state index contributed by atoms with van der Waals surface area (Å²) in [7, 11) is 0. The van der Waals surface area contributed by atoms with Gasteiger partial charge in [-0.2, -0.15) is 0 Å². The molecule has 2 amide bonds. The summed E-state index contributed by atoms with van der Waals surface area (Å²) in [5.41, 5.74) is 5.90. The fraction of sp³-hybridized carbons (Fsp3) is 0.286. The summed E-state index contributed by atoms with van der Waals surface area (Å²) in [6.07, 6.45) is -1.72. The first kappa shape index (κ1) is 18.9. The fourth-order valence-electron chi connectivity index (χ4n) is 1.73. The predicted octanol–water partition coefficient (Wildman–Crippen LogP) is -0.979. The zero-order valence-electron chi connectivity index (χ0n) is 12.7. The van der Waals surface area contributed by atoms with Gasteiger partial charge in [-0.3, -0.25) is 19.8 Å². The van der Waals surface area contributed by atoms with E-state index in [2.05, 4.69) is 16.0 Å². The number of nitrogens with two attached hydrogens (primary N) is 1. The predicted molar refractivity (Wildman–Crippen MR) is 85.3 cm³/mol. The maximum atomic E-state index is 11.9. The van der Waals surface area contributed by atoms with Gasteiger partial charge in [0.05, 0.1) is 6.54 Å². The van der Waals surface area contributed by atoms with Crippen LogP contribution in [0.1, 0.15) is 23.2 Å². The molecule has 1 rings (SSSR count). The average Bonchev–Trinajstić information content (AvgIpc) is 2.50. The summed E-state index contributed by atoms with van der Waals surface area (Å²) in [5.74, 6) is -2.55. The molecule has 1 unspecified atom stereocenters. The highest BCUT2D eigenvalue weighted by atomic mass is 16.4. The lowest BCUT2D eigenvalue weighted by Crippen LogP contribution is -2.42. The van der Waals surface area contributed by atoms with Gasteiger partial charge >= 0.3 is 5.97 Å². The number of carboxylic acid groups (broad SMARTS) is 1. The topological polar surface area (TPSA) is 178 Å². The molecule has 0 aliphatic carbocycles. The van der Waals surface area contributed by atoms with Crippen molar-refractivity contribution in [2.24, 2.45) is 5.73 Å². The summed E-state index contributed by atoms with van der Waals surface area (Å²) in [4.78, 5) is 33.8. The largest absolute Gasteiger partial charge is 0.481 e. The van der Waals surface area contributed by atoms with Gasteiger partial charge in [0.25, 0.3) is 5.91 Å². The number of carboxylic acids is 1. The smallest absolute Gasteiger partial charge is 0.303 e. The maximum Gasteiger partial charge on any atom is 0.303 e. The third kappa shape index (κ3) is 7.22. The lowest BCUT2D eigenvalue weighted by Gasteiger charge is -2.12. The van der Waals surface area contributed by atoms with E-state index >= 15 is 0 Å². The third-order valence-electron chi connectivity index (χ3n) is 2.77. The van der Waals surface area contributed by atoms with Gasteiger partial charge in [0, 0.05) is 24.1 Å². The molecule has 1 aromatic carbocycles. The molecule has 0 saturated heterocycles. The molecule has 0 bridgehead atoms. The first-order chi connectivity index (χ1) is 11.3. The van der Waals surface area contributed by atoms with E-state index < -0.39 is 24.0 Å². The van der Waals surface area contributed by atoms with Crippen molar-refractivity contribution in [3.63, 3.8) is 0 Å². The van der Waals surface area contributed by atoms with E-state index in [4.69, 9.17) is 16.2 Å². The van der Waals surface area contributed by atoms with E-state index in [1.165, 1.54) is 12.1 Å². The van der Waals surface area contributed by atoms with Crippen LogP contribution >= 0.6 is 0 Å². The molecule has 0 fully saturated rings. The second-order valence-corrected chi connectivity index (χ2v) is 4.82. The maximum absolute atomic E-state index is 11.9. The summed E-state index contributed by atoms with van der Waals surface area (Å²) >= 11 is 0. The van der Waals surface area contributed by atoms with Crippen LogP contribution in [-0.2, 0) is 9.59 Å². The second kappa shape index (κ2) is 9.10. The van der Waals surface area contributed by atoms with E-state index in [1.54, 1.807) is 12.1 Å².